The van der Waals surface area contributed by atoms with Crippen molar-refractivity contribution in [3.8, 4) is 0 Å². The van der Waals surface area contributed by atoms with E-state index < -0.39 is 0 Å². The summed E-state index contributed by atoms with van der Waals surface area (Å²) < 4.78 is 0. The van der Waals surface area contributed by atoms with Crippen molar-refractivity contribution < 1.29 is 0 Å². The lowest BCUT2D eigenvalue weighted by Gasteiger charge is -2.40. The molecule has 1 heterocycles. The highest BCUT2D eigenvalue weighted by atomic mass is 15.2. The van der Waals surface area contributed by atoms with Gasteiger partial charge in [0.2, 0.25) is 0 Å². The fourth-order valence-corrected chi connectivity index (χ4v) is 4.47. The number of nitrogens with zero attached hydrogens (tertiary/aromatic N) is 1. The molecule has 0 saturated heterocycles. The minimum absolute atomic E-state index is 0.821. The van der Waals surface area contributed by atoms with Crippen LogP contribution in [0.2, 0.25) is 0 Å². The molecule has 0 aromatic heterocycles. The van der Waals surface area contributed by atoms with Crippen molar-refractivity contribution in [2.75, 3.05) is 12.3 Å². The van der Waals surface area contributed by atoms with Crippen molar-refractivity contribution in [3.63, 3.8) is 0 Å². The van der Waals surface area contributed by atoms with Gasteiger partial charge in [-0.2, -0.15) is 0 Å². The Balaban J connectivity index is 1.48. The summed E-state index contributed by atoms with van der Waals surface area (Å²) in [6.07, 6.45) is 10.00. The Morgan fingerprint density at radius 2 is 1.95 bits per heavy atom. The van der Waals surface area contributed by atoms with Crippen molar-refractivity contribution in [2.45, 2.75) is 57.5 Å². The summed E-state index contributed by atoms with van der Waals surface area (Å²) in [5, 5.41) is 0. The van der Waals surface area contributed by atoms with E-state index in [4.69, 9.17) is 5.73 Å². The zero-order valence-electron chi connectivity index (χ0n) is 12.4. The molecule has 4 rings (SSSR count). The van der Waals surface area contributed by atoms with Crippen LogP contribution in [-0.4, -0.2) is 17.5 Å². The Kier molecular flexibility index (Phi) is 3.22. The van der Waals surface area contributed by atoms with E-state index in [2.05, 4.69) is 23.1 Å². The molecule has 0 amide bonds. The Morgan fingerprint density at radius 3 is 2.80 bits per heavy atom. The number of benzene rings is 1. The van der Waals surface area contributed by atoms with E-state index in [1.165, 1.54) is 62.6 Å². The number of hydrogen-bond donors (Lipinski definition) is 1. The molecule has 1 aromatic rings. The Hall–Kier alpha value is -1.02. The number of hydrogen-bond acceptors (Lipinski definition) is 2. The summed E-state index contributed by atoms with van der Waals surface area (Å²) in [6.45, 7) is 2.32. The van der Waals surface area contributed by atoms with Crippen LogP contribution < -0.4 is 5.73 Å². The number of fused-ring (bicyclic) bond motifs is 1. The molecule has 2 N–H and O–H groups in total. The third-order valence-corrected chi connectivity index (χ3v) is 5.83. The highest BCUT2D eigenvalue weighted by Crippen LogP contribution is 2.45. The van der Waals surface area contributed by atoms with Crippen molar-refractivity contribution in [3.05, 3.63) is 29.3 Å². The average Bonchev–Trinajstić information content (AvgIpc) is 3.32. The predicted octanol–water partition coefficient (Wildman–Crippen LogP) is 3.60. The van der Waals surface area contributed by atoms with Gasteiger partial charge in [-0.1, -0.05) is 25.0 Å². The number of anilines is 1. The Labute approximate surface area is 122 Å². The molecule has 0 bridgehead atoms. The van der Waals surface area contributed by atoms with Gasteiger partial charge in [-0.05, 0) is 61.1 Å². The summed E-state index contributed by atoms with van der Waals surface area (Å²) in [7, 11) is 0. The van der Waals surface area contributed by atoms with Crippen LogP contribution >= 0.6 is 0 Å². The van der Waals surface area contributed by atoms with Crippen molar-refractivity contribution in [1.29, 1.82) is 0 Å². The topological polar surface area (TPSA) is 29.3 Å². The smallest absolute Gasteiger partial charge is 0.0362 e. The van der Waals surface area contributed by atoms with Crippen LogP contribution in [0, 0.1) is 11.8 Å². The highest BCUT2D eigenvalue weighted by Gasteiger charge is 2.36. The van der Waals surface area contributed by atoms with Crippen LogP contribution in [0.4, 0.5) is 5.69 Å². The molecule has 2 heteroatoms. The maximum atomic E-state index is 6.19. The van der Waals surface area contributed by atoms with Crippen LogP contribution in [0.5, 0.6) is 0 Å². The van der Waals surface area contributed by atoms with E-state index in [1.54, 1.807) is 0 Å². The molecule has 1 aliphatic heterocycles. The van der Waals surface area contributed by atoms with E-state index in [9.17, 15) is 0 Å². The molecule has 2 fully saturated rings. The third kappa shape index (κ3) is 2.35. The van der Waals surface area contributed by atoms with Crippen LogP contribution in [0.25, 0.3) is 0 Å². The summed E-state index contributed by atoms with van der Waals surface area (Å²) in [5.41, 5.74) is 10.1. The standard InChI is InChI=1S/C18H26N2/c19-18-6-2-3-14-9-10-20(12-17(14)18)16-5-1-4-15(11-16)13-7-8-13/h2-3,6,13,15-16H,1,4-5,7-12,19H2. The second-order valence-electron chi connectivity index (χ2n) is 7.12. The molecular formula is C18H26N2. The molecule has 2 nitrogen and oxygen atoms in total. The summed E-state index contributed by atoms with van der Waals surface area (Å²) in [4.78, 5) is 2.73. The van der Waals surface area contributed by atoms with Gasteiger partial charge < -0.3 is 5.73 Å². The largest absolute Gasteiger partial charge is 0.398 e. The van der Waals surface area contributed by atoms with E-state index in [-0.39, 0.29) is 0 Å². The van der Waals surface area contributed by atoms with Crippen molar-refractivity contribution >= 4 is 5.69 Å². The van der Waals surface area contributed by atoms with Crippen LogP contribution in [0.15, 0.2) is 18.2 Å². The Bertz CT molecular complexity index is 492. The maximum absolute atomic E-state index is 6.19. The monoisotopic (exact) mass is 270 g/mol. The fourth-order valence-electron chi connectivity index (χ4n) is 4.47. The van der Waals surface area contributed by atoms with Gasteiger partial charge in [0.15, 0.2) is 0 Å². The quantitative estimate of drug-likeness (QED) is 0.832. The summed E-state index contributed by atoms with van der Waals surface area (Å²) in [5.74, 6) is 2.11. The van der Waals surface area contributed by atoms with Gasteiger partial charge in [0.05, 0.1) is 0 Å². The van der Waals surface area contributed by atoms with E-state index >= 15 is 0 Å². The first-order valence-electron chi connectivity index (χ1n) is 8.41. The van der Waals surface area contributed by atoms with Crippen LogP contribution in [0.3, 0.4) is 0 Å². The summed E-state index contributed by atoms with van der Waals surface area (Å²) in [6, 6.07) is 7.25. The second kappa shape index (κ2) is 5.07. The molecular weight excluding hydrogens is 244 g/mol. The van der Waals surface area contributed by atoms with E-state index in [1.807, 2.05) is 0 Å². The van der Waals surface area contributed by atoms with Gasteiger partial charge in [0.1, 0.15) is 0 Å². The van der Waals surface area contributed by atoms with Gasteiger partial charge in [0.25, 0.3) is 0 Å². The molecule has 3 aliphatic rings. The van der Waals surface area contributed by atoms with E-state index in [0.29, 0.717) is 0 Å². The Morgan fingerprint density at radius 1 is 1.05 bits per heavy atom. The third-order valence-electron chi connectivity index (χ3n) is 5.83. The molecule has 0 radical (unpaired) electrons. The lowest BCUT2D eigenvalue weighted by atomic mass is 9.81. The van der Waals surface area contributed by atoms with Gasteiger partial charge >= 0.3 is 0 Å². The van der Waals surface area contributed by atoms with Crippen LogP contribution in [0.1, 0.15) is 49.7 Å². The average molecular weight is 270 g/mol. The van der Waals surface area contributed by atoms with Gasteiger partial charge in [-0.25, -0.2) is 0 Å². The minimum Gasteiger partial charge on any atom is -0.398 e. The zero-order valence-corrected chi connectivity index (χ0v) is 12.4. The first-order valence-corrected chi connectivity index (χ1v) is 8.41. The minimum atomic E-state index is 0.821. The van der Waals surface area contributed by atoms with Gasteiger partial charge in [0, 0.05) is 24.8 Å². The maximum Gasteiger partial charge on any atom is 0.0362 e. The number of nitrogen functional groups attached to an aromatic ring is 1. The molecule has 2 unspecified atom stereocenters. The van der Waals surface area contributed by atoms with Gasteiger partial charge in [-0.15, -0.1) is 0 Å². The van der Waals surface area contributed by atoms with Crippen molar-refractivity contribution in [1.82, 2.24) is 4.90 Å². The van der Waals surface area contributed by atoms with E-state index in [0.717, 1.165) is 30.1 Å². The molecule has 20 heavy (non-hydrogen) atoms. The van der Waals surface area contributed by atoms with Gasteiger partial charge in [-0.3, -0.25) is 4.90 Å². The SMILES string of the molecule is Nc1cccc2c1CN(C1CCCC(C3CC3)C1)CC2. The second-order valence-corrected chi connectivity index (χ2v) is 7.12. The molecule has 108 valence electrons. The van der Waals surface area contributed by atoms with Crippen LogP contribution in [-0.2, 0) is 13.0 Å². The predicted molar refractivity (Wildman–Crippen MR) is 83.4 cm³/mol. The molecule has 2 aliphatic carbocycles. The molecule has 0 spiro atoms. The zero-order chi connectivity index (χ0) is 13.5. The summed E-state index contributed by atoms with van der Waals surface area (Å²) >= 11 is 0. The lowest BCUT2D eigenvalue weighted by Crippen LogP contribution is -2.42. The number of nitrogens with two attached hydrogens (primary N) is 1. The van der Waals surface area contributed by atoms with Crippen molar-refractivity contribution in [2.24, 2.45) is 11.8 Å². The molecule has 1 aromatic carbocycles. The molecule has 2 atom stereocenters. The number of rotatable bonds is 2. The lowest BCUT2D eigenvalue weighted by molar-refractivity contribution is 0.111. The first-order chi connectivity index (χ1) is 9.81. The molecule has 2 saturated carbocycles. The normalized spacial score (nSPS) is 31.0. The first kappa shape index (κ1) is 12.7. The fraction of sp³-hybridized carbons (Fsp3) is 0.667. The highest BCUT2D eigenvalue weighted by molar-refractivity contribution is 5.51.